The van der Waals surface area contributed by atoms with Gasteiger partial charge >= 0.3 is 0 Å². The predicted molar refractivity (Wildman–Crippen MR) is 73.0 cm³/mol. The Hall–Kier alpha value is -0.770. The Kier molecular flexibility index (Phi) is 7.80. The Morgan fingerprint density at radius 3 is 2.29 bits per heavy atom. The van der Waals surface area contributed by atoms with E-state index < -0.39 is 0 Å². The Bertz CT molecular complexity index is 290. The van der Waals surface area contributed by atoms with Crippen molar-refractivity contribution in [2.24, 2.45) is 0 Å². The van der Waals surface area contributed by atoms with Crippen LogP contribution in [0.15, 0.2) is 24.3 Å². The summed E-state index contributed by atoms with van der Waals surface area (Å²) in [5.41, 5.74) is 0. The maximum Gasteiger partial charge on any atom is 0.119 e. The molecule has 0 aliphatic heterocycles. The second-order valence-corrected chi connectivity index (χ2v) is 4.24. The van der Waals surface area contributed by atoms with E-state index in [1.807, 2.05) is 24.3 Å². The van der Waals surface area contributed by atoms with Gasteiger partial charge in [-0.2, -0.15) is 0 Å². The highest BCUT2D eigenvalue weighted by molar-refractivity contribution is 6.30. The van der Waals surface area contributed by atoms with Crippen molar-refractivity contribution in [1.29, 1.82) is 0 Å². The van der Waals surface area contributed by atoms with E-state index in [2.05, 4.69) is 17.6 Å². The van der Waals surface area contributed by atoms with Crippen molar-refractivity contribution in [3.63, 3.8) is 0 Å². The Labute approximate surface area is 109 Å². The molecule has 17 heavy (non-hydrogen) atoms. The number of rotatable bonds is 9. The molecule has 0 radical (unpaired) electrons. The van der Waals surface area contributed by atoms with Crippen molar-refractivity contribution in [3.8, 4) is 5.75 Å². The van der Waals surface area contributed by atoms with Gasteiger partial charge in [0, 0.05) is 24.7 Å². The summed E-state index contributed by atoms with van der Waals surface area (Å²) in [7, 11) is 0. The number of hydrogen-bond donors (Lipinski definition) is 2. The summed E-state index contributed by atoms with van der Waals surface area (Å²) in [6.45, 7) is 6.77. The van der Waals surface area contributed by atoms with Crippen molar-refractivity contribution in [2.75, 3.05) is 32.8 Å². The van der Waals surface area contributed by atoms with Gasteiger partial charge < -0.3 is 15.4 Å². The quantitative estimate of drug-likeness (QED) is 0.666. The fourth-order valence-corrected chi connectivity index (χ4v) is 1.50. The van der Waals surface area contributed by atoms with Gasteiger partial charge in [-0.15, -0.1) is 0 Å². The molecule has 0 fully saturated rings. The summed E-state index contributed by atoms with van der Waals surface area (Å²) < 4.78 is 5.55. The third kappa shape index (κ3) is 7.21. The molecule has 0 aromatic heterocycles. The van der Waals surface area contributed by atoms with Crippen molar-refractivity contribution in [1.82, 2.24) is 10.6 Å². The summed E-state index contributed by atoms with van der Waals surface area (Å²) in [6, 6.07) is 7.42. The van der Waals surface area contributed by atoms with E-state index in [4.69, 9.17) is 16.3 Å². The first-order valence-corrected chi connectivity index (χ1v) is 6.50. The zero-order valence-corrected chi connectivity index (χ0v) is 11.1. The standard InChI is InChI=1S/C13H21ClN2O/c1-2-7-15-8-9-16-10-11-17-13-5-3-12(14)4-6-13/h3-6,15-16H,2,7-11H2,1H3. The van der Waals surface area contributed by atoms with Crippen LogP contribution in [0.25, 0.3) is 0 Å². The van der Waals surface area contributed by atoms with Crippen molar-refractivity contribution < 1.29 is 4.74 Å². The molecule has 0 saturated carbocycles. The molecule has 0 unspecified atom stereocenters. The van der Waals surface area contributed by atoms with E-state index >= 15 is 0 Å². The maximum absolute atomic E-state index is 5.78. The molecule has 1 aromatic rings. The molecule has 0 bridgehead atoms. The fraction of sp³-hybridized carbons (Fsp3) is 0.538. The van der Waals surface area contributed by atoms with Crippen LogP contribution in [-0.4, -0.2) is 32.8 Å². The zero-order valence-electron chi connectivity index (χ0n) is 10.3. The minimum atomic E-state index is 0.676. The molecular weight excluding hydrogens is 236 g/mol. The van der Waals surface area contributed by atoms with Crippen LogP contribution in [0.3, 0.4) is 0 Å². The minimum absolute atomic E-state index is 0.676. The van der Waals surface area contributed by atoms with Crippen LogP contribution in [0.1, 0.15) is 13.3 Å². The van der Waals surface area contributed by atoms with E-state index in [-0.39, 0.29) is 0 Å². The lowest BCUT2D eigenvalue weighted by molar-refractivity contribution is 0.314. The number of benzene rings is 1. The monoisotopic (exact) mass is 256 g/mol. The number of ether oxygens (including phenoxy) is 1. The van der Waals surface area contributed by atoms with Crippen LogP contribution in [0.5, 0.6) is 5.75 Å². The third-order valence-corrected chi connectivity index (χ3v) is 2.52. The predicted octanol–water partition coefficient (Wildman–Crippen LogP) is 2.31. The highest BCUT2D eigenvalue weighted by atomic mass is 35.5. The van der Waals surface area contributed by atoms with E-state index in [0.29, 0.717) is 6.61 Å². The first-order valence-electron chi connectivity index (χ1n) is 6.12. The largest absolute Gasteiger partial charge is 0.492 e. The molecule has 1 rings (SSSR count). The van der Waals surface area contributed by atoms with Gasteiger partial charge in [-0.1, -0.05) is 18.5 Å². The van der Waals surface area contributed by atoms with Crippen LogP contribution < -0.4 is 15.4 Å². The third-order valence-electron chi connectivity index (χ3n) is 2.27. The van der Waals surface area contributed by atoms with E-state index in [0.717, 1.165) is 37.0 Å². The molecule has 3 nitrogen and oxygen atoms in total. The average Bonchev–Trinajstić information content (AvgIpc) is 2.35. The van der Waals surface area contributed by atoms with Gasteiger partial charge in [0.15, 0.2) is 0 Å². The van der Waals surface area contributed by atoms with Crippen molar-refractivity contribution in [3.05, 3.63) is 29.3 Å². The molecular formula is C13H21ClN2O. The molecule has 0 saturated heterocycles. The van der Waals surface area contributed by atoms with Crippen LogP contribution in [0.4, 0.5) is 0 Å². The average molecular weight is 257 g/mol. The zero-order chi connectivity index (χ0) is 12.3. The smallest absolute Gasteiger partial charge is 0.119 e. The highest BCUT2D eigenvalue weighted by Gasteiger charge is 1.93. The van der Waals surface area contributed by atoms with Crippen LogP contribution in [-0.2, 0) is 0 Å². The molecule has 96 valence electrons. The highest BCUT2D eigenvalue weighted by Crippen LogP contribution is 2.14. The molecule has 0 heterocycles. The second kappa shape index (κ2) is 9.28. The molecule has 0 aliphatic carbocycles. The summed E-state index contributed by atoms with van der Waals surface area (Å²) in [5, 5.41) is 7.38. The molecule has 0 amide bonds. The normalized spacial score (nSPS) is 10.5. The van der Waals surface area contributed by atoms with Crippen LogP contribution in [0.2, 0.25) is 5.02 Å². The van der Waals surface area contributed by atoms with Gasteiger partial charge in [0.25, 0.3) is 0 Å². The lowest BCUT2D eigenvalue weighted by atomic mass is 10.3. The van der Waals surface area contributed by atoms with Crippen LogP contribution >= 0.6 is 11.6 Å². The van der Waals surface area contributed by atoms with Crippen molar-refractivity contribution in [2.45, 2.75) is 13.3 Å². The topological polar surface area (TPSA) is 33.3 Å². The van der Waals surface area contributed by atoms with Gasteiger partial charge in [0.2, 0.25) is 0 Å². The Balaban J connectivity index is 1.95. The number of halogens is 1. The van der Waals surface area contributed by atoms with E-state index in [1.165, 1.54) is 6.42 Å². The molecule has 0 atom stereocenters. The second-order valence-electron chi connectivity index (χ2n) is 3.80. The minimum Gasteiger partial charge on any atom is -0.492 e. The molecule has 1 aromatic carbocycles. The fourth-order valence-electron chi connectivity index (χ4n) is 1.38. The summed E-state index contributed by atoms with van der Waals surface area (Å²) in [5.74, 6) is 0.861. The molecule has 0 aliphatic rings. The summed E-state index contributed by atoms with van der Waals surface area (Å²) in [4.78, 5) is 0. The molecule has 4 heteroatoms. The maximum atomic E-state index is 5.78. The van der Waals surface area contributed by atoms with Gasteiger partial charge in [-0.3, -0.25) is 0 Å². The molecule has 2 N–H and O–H groups in total. The van der Waals surface area contributed by atoms with Gasteiger partial charge in [-0.05, 0) is 37.2 Å². The lowest BCUT2D eigenvalue weighted by Gasteiger charge is -2.08. The van der Waals surface area contributed by atoms with E-state index in [1.54, 1.807) is 0 Å². The molecule has 0 spiro atoms. The van der Waals surface area contributed by atoms with Gasteiger partial charge in [0.1, 0.15) is 12.4 Å². The SMILES string of the molecule is CCCNCCNCCOc1ccc(Cl)cc1. The van der Waals surface area contributed by atoms with E-state index in [9.17, 15) is 0 Å². The van der Waals surface area contributed by atoms with Gasteiger partial charge in [0.05, 0.1) is 0 Å². The Morgan fingerprint density at radius 2 is 1.65 bits per heavy atom. The summed E-state index contributed by atoms with van der Waals surface area (Å²) in [6.07, 6.45) is 1.18. The first kappa shape index (κ1) is 14.3. The van der Waals surface area contributed by atoms with Crippen molar-refractivity contribution >= 4 is 11.6 Å². The van der Waals surface area contributed by atoms with Gasteiger partial charge in [-0.25, -0.2) is 0 Å². The Morgan fingerprint density at radius 1 is 1.00 bits per heavy atom. The first-order chi connectivity index (χ1) is 8.33. The lowest BCUT2D eigenvalue weighted by Crippen LogP contribution is -2.30. The number of nitrogens with one attached hydrogen (secondary N) is 2. The number of hydrogen-bond acceptors (Lipinski definition) is 3. The van der Waals surface area contributed by atoms with Crippen LogP contribution in [0, 0.1) is 0 Å². The summed E-state index contributed by atoms with van der Waals surface area (Å²) >= 11 is 5.78.